The molecule has 0 bridgehead atoms. The number of hydrogen-bond donors (Lipinski definition) is 2. The Bertz CT molecular complexity index is 733. The molecule has 0 radical (unpaired) electrons. The second-order valence-corrected chi connectivity index (χ2v) is 6.30. The first kappa shape index (κ1) is 15.3. The summed E-state index contributed by atoms with van der Waals surface area (Å²) in [6.07, 6.45) is 0. The number of aryl methyl sites for hydroxylation is 2. The van der Waals surface area contributed by atoms with Gasteiger partial charge in [-0.2, -0.15) is 0 Å². The highest BCUT2D eigenvalue weighted by Crippen LogP contribution is 2.24. The summed E-state index contributed by atoms with van der Waals surface area (Å²) >= 11 is 0. The van der Waals surface area contributed by atoms with Gasteiger partial charge in [0.15, 0.2) is 0 Å². The molecular weight excluding hydrogens is 294 g/mol. The van der Waals surface area contributed by atoms with Crippen molar-refractivity contribution in [3.63, 3.8) is 0 Å². The molecule has 0 spiro atoms. The fraction of sp³-hybridized carbons (Fsp3) is 0.308. The second kappa shape index (κ2) is 5.74. The van der Waals surface area contributed by atoms with Gasteiger partial charge in [0, 0.05) is 12.1 Å². The number of nitrogen functional groups attached to an aromatic ring is 1. The lowest BCUT2D eigenvalue weighted by atomic mass is 10.2. The van der Waals surface area contributed by atoms with Crippen LogP contribution in [0.5, 0.6) is 5.75 Å². The average Bonchev–Trinajstić information content (AvgIpc) is 2.76. The van der Waals surface area contributed by atoms with Gasteiger partial charge in [0.05, 0.1) is 23.4 Å². The molecule has 7 nitrogen and oxygen atoms in total. The number of anilines is 1. The summed E-state index contributed by atoms with van der Waals surface area (Å²) in [4.78, 5) is 0.0764. The van der Waals surface area contributed by atoms with Gasteiger partial charge in [-0.1, -0.05) is 5.16 Å². The lowest BCUT2D eigenvalue weighted by Crippen LogP contribution is -2.23. The number of nitrogens with zero attached hydrogens (tertiary/aromatic N) is 1. The Morgan fingerprint density at radius 2 is 2.10 bits per heavy atom. The molecule has 0 aliphatic rings. The van der Waals surface area contributed by atoms with Crippen LogP contribution in [0.1, 0.15) is 17.0 Å². The van der Waals surface area contributed by atoms with Crippen LogP contribution in [0.25, 0.3) is 0 Å². The van der Waals surface area contributed by atoms with Gasteiger partial charge in [-0.05, 0) is 32.0 Å². The zero-order valence-electron chi connectivity index (χ0n) is 12.0. The Morgan fingerprint density at radius 3 is 2.62 bits per heavy atom. The average molecular weight is 311 g/mol. The van der Waals surface area contributed by atoms with Gasteiger partial charge < -0.3 is 15.0 Å². The highest BCUT2D eigenvalue weighted by Gasteiger charge is 2.18. The third-order valence-corrected chi connectivity index (χ3v) is 4.53. The molecule has 0 aliphatic carbocycles. The molecule has 3 N–H and O–H groups in total. The van der Waals surface area contributed by atoms with E-state index < -0.39 is 10.0 Å². The lowest BCUT2D eigenvalue weighted by molar-refractivity contribution is 0.392. The highest BCUT2D eigenvalue weighted by molar-refractivity contribution is 7.89. The Labute approximate surface area is 123 Å². The molecule has 0 atom stereocenters. The second-order valence-electron chi connectivity index (χ2n) is 4.53. The van der Waals surface area contributed by atoms with Gasteiger partial charge in [0.2, 0.25) is 10.0 Å². The molecule has 0 unspecified atom stereocenters. The van der Waals surface area contributed by atoms with Crippen molar-refractivity contribution in [2.24, 2.45) is 0 Å². The van der Waals surface area contributed by atoms with Crippen molar-refractivity contribution in [1.82, 2.24) is 9.88 Å². The first-order valence-corrected chi connectivity index (χ1v) is 7.68. The summed E-state index contributed by atoms with van der Waals surface area (Å²) in [5.74, 6) is 1.02. The van der Waals surface area contributed by atoms with Crippen molar-refractivity contribution < 1.29 is 17.7 Å². The van der Waals surface area contributed by atoms with Crippen molar-refractivity contribution in [2.45, 2.75) is 25.3 Å². The van der Waals surface area contributed by atoms with E-state index >= 15 is 0 Å². The van der Waals surface area contributed by atoms with Crippen LogP contribution in [-0.2, 0) is 16.6 Å². The molecule has 1 heterocycles. The monoisotopic (exact) mass is 311 g/mol. The van der Waals surface area contributed by atoms with E-state index in [1.54, 1.807) is 13.8 Å². The number of methoxy groups -OCH3 is 1. The fourth-order valence-electron chi connectivity index (χ4n) is 1.88. The quantitative estimate of drug-likeness (QED) is 0.807. The number of aromatic nitrogens is 1. The number of benzene rings is 1. The summed E-state index contributed by atoms with van der Waals surface area (Å²) in [5, 5.41) is 3.78. The SMILES string of the molecule is COc1ccc(S(=O)(=O)NCc2c(C)noc2C)cc1N. The van der Waals surface area contributed by atoms with Gasteiger partial charge in [-0.3, -0.25) is 0 Å². The molecule has 21 heavy (non-hydrogen) atoms. The largest absolute Gasteiger partial charge is 0.495 e. The van der Waals surface area contributed by atoms with Gasteiger partial charge in [0.25, 0.3) is 0 Å². The molecule has 0 fully saturated rings. The smallest absolute Gasteiger partial charge is 0.240 e. The summed E-state index contributed by atoms with van der Waals surface area (Å²) in [6.45, 7) is 3.59. The predicted octanol–water partition coefficient (Wildman–Crippen LogP) is 1.36. The molecule has 1 aromatic carbocycles. The van der Waals surface area contributed by atoms with E-state index in [-0.39, 0.29) is 17.1 Å². The van der Waals surface area contributed by atoms with Crippen LogP contribution in [0.3, 0.4) is 0 Å². The molecule has 0 saturated carbocycles. The molecule has 0 saturated heterocycles. The Kier molecular flexibility index (Phi) is 4.19. The molecule has 1 aromatic heterocycles. The lowest BCUT2D eigenvalue weighted by Gasteiger charge is -2.09. The summed E-state index contributed by atoms with van der Waals surface area (Å²) in [5.41, 5.74) is 7.37. The van der Waals surface area contributed by atoms with E-state index in [2.05, 4.69) is 9.88 Å². The van der Waals surface area contributed by atoms with E-state index in [4.69, 9.17) is 15.0 Å². The van der Waals surface area contributed by atoms with Crippen LogP contribution in [-0.4, -0.2) is 20.7 Å². The molecule has 0 aliphatic heterocycles. The van der Waals surface area contributed by atoms with Crippen molar-refractivity contribution >= 4 is 15.7 Å². The van der Waals surface area contributed by atoms with E-state index in [0.29, 0.717) is 17.2 Å². The standard InChI is InChI=1S/C13H17N3O4S/c1-8-11(9(2)20-16-8)7-15-21(17,18)10-4-5-13(19-3)12(14)6-10/h4-6,15H,7,14H2,1-3H3. The maximum absolute atomic E-state index is 12.2. The normalized spacial score (nSPS) is 11.6. The predicted molar refractivity (Wildman–Crippen MR) is 77.4 cm³/mol. The number of rotatable bonds is 5. The molecule has 2 aromatic rings. The van der Waals surface area contributed by atoms with Crippen LogP contribution >= 0.6 is 0 Å². The first-order valence-electron chi connectivity index (χ1n) is 6.20. The zero-order valence-corrected chi connectivity index (χ0v) is 12.8. The van der Waals surface area contributed by atoms with Gasteiger partial charge in [-0.25, -0.2) is 13.1 Å². The van der Waals surface area contributed by atoms with Gasteiger partial charge in [-0.15, -0.1) is 0 Å². The number of ether oxygens (including phenoxy) is 1. The van der Waals surface area contributed by atoms with E-state index in [9.17, 15) is 8.42 Å². The maximum atomic E-state index is 12.2. The Balaban J connectivity index is 2.21. The molecule has 8 heteroatoms. The van der Waals surface area contributed by atoms with Crippen molar-refractivity contribution in [3.8, 4) is 5.75 Å². The van der Waals surface area contributed by atoms with Crippen LogP contribution < -0.4 is 15.2 Å². The third-order valence-electron chi connectivity index (χ3n) is 3.13. The molecule has 2 rings (SSSR count). The Morgan fingerprint density at radius 1 is 1.38 bits per heavy atom. The summed E-state index contributed by atoms with van der Waals surface area (Å²) < 4.78 is 37.0. The third kappa shape index (κ3) is 3.17. The van der Waals surface area contributed by atoms with Gasteiger partial charge in [0.1, 0.15) is 11.5 Å². The first-order chi connectivity index (χ1) is 9.85. The summed E-state index contributed by atoms with van der Waals surface area (Å²) in [7, 11) is -2.20. The van der Waals surface area contributed by atoms with Crippen molar-refractivity contribution in [2.75, 3.05) is 12.8 Å². The highest BCUT2D eigenvalue weighted by atomic mass is 32.2. The van der Waals surface area contributed by atoms with E-state index in [1.165, 1.54) is 25.3 Å². The van der Waals surface area contributed by atoms with Crippen LogP contribution in [0.15, 0.2) is 27.6 Å². The minimum absolute atomic E-state index is 0.0764. The molecule has 114 valence electrons. The van der Waals surface area contributed by atoms with Gasteiger partial charge >= 0.3 is 0 Å². The minimum atomic E-state index is -3.67. The number of hydrogen-bond acceptors (Lipinski definition) is 6. The van der Waals surface area contributed by atoms with Crippen LogP contribution in [0, 0.1) is 13.8 Å². The molecule has 0 amide bonds. The molecular formula is C13H17N3O4S. The summed E-state index contributed by atoms with van der Waals surface area (Å²) in [6, 6.07) is 4.30. The topological polar surface area (TPSA) is 107 Å². The maximum Gasteiger partial charge on any atom is 0.240 e. The van der Waals surface area contributed by atoms with Crippen LogP contribution in [0.4, 0.5) is 5.69 Å². The van der Waals surface area contributed by atoms with E-state index in [0.717, 1.165) is 5.56 Å². The zero-order chi connectivity index (χ0) is 15.6. The number of nitrogens with one attached hydrogen (secondary N) is 1. The van der Waals surface area contributed by atoms with Crippen molar-refractivity contribution in [3.05, 3.63) is 35.2 Å². The van der Waals surface area contributed by atoms with E-state index in [1.807, 2.05) is 0 Å². The van der Waals surface area contributed by atoms with Crippen molar-refractivity contribution in [1.29, 1.82) is 0 Å². The Hall–Kier alpha value is -2.06. The fourth-order valence-corrected chi connectivity index (χ4v) is 2.91. The number of sulfonamides is 1. The van der Waals surface area contributed by atoms with Crippen LogP contribution in [0.2, 0.25) is 0 Å². The number of nitrogens with two attached hydrogens (primary N) is 1. The minimum Gasteiger partial charge on any atom is -0.495 e.